The van der Waals surface area contributed by atoms with Crippen molar-refractivity contribution in [3.63, 3.8) is 0 Å². The maximum absolute atomic E-state index is 12.0. The molecule has 17 heavy (non-hydrogen) atoms. The van der Waals surface area contributed by atoms with Crippen LogP contribution < -0.4 is 0 Å². The van der Waals surface area contributed by atoms with Crippen LogP contribution in [0.4, 0.5) is 0 Å². The molecule has 0 aliphatic heterocycles. The number of carboxylic acids is 1. The van der Waals surface area contributed by atoms with Crippen LogP contribution in [0.1, 0.15) is 34.7 Å². The van der Waals surface area contributed by atoms with E-state index in [4.69, 9.17) is 5.11 Å². The third-order valence-electron chi connectivity index (χ3n) is 2.51. The van der Waals surface area contributed by atoms with Crippen molar-refractivity contribution in [3.05, 3.63) is 35.7 Å². The van der Waals surface area contributed by atoms with Gasteiger partial charge in [-0.15, -0.1) is 0 Å². The minimum atomic E-state index is -1.18. The Morgan fingerprint density at radius 2 is 2.06 bits per heavy atom. The standard InChI is InChI=1S/C12H12N2O3/c1-7(2)11(15)9-8-5-3-4-6-14(8)13-10(9)12(16)17/h3-7H,1-2H3,(H,16,17). The van der Waals surface area contributed by atoms with E-state index in [2.05, 4.69) is 5.10 Å². The van der Waals surface area contributed by atoms with Gasteiger partial charge in [0.2, 0.25) is 0 Å². The summed E-state index contributed by atoms with van der Waals surface area (Å²) in [6, 6.07) is 5.17. The smallest absolute Gasteiger partial charge is 0.357 e. The third-order valence-corrected chi connectivity index (χ3v) is 2.51. The van der Waals surface area contributed by atoms with Gasteiger partial charge in [-0.3, -0.25) is 4.79 Å². The van der Waals surface area contributed by atoms with E-state index < -0.39 is 5.97 Å². The van der Waals surface area contributed by atoms with Gasteiger partial charge in [0.15, 0.2) is 11.5 Å². The average Bonchev–Trinajstić information content (AvgIpc) is 2.67. The molecule has 0 aromatic carbocycles. The van der Waals surface area contributed by atoms with Gasteiger partial charge in [0.25, 0.3) is 0 Å². The maximum Gasteiger partial charge on any atom is 0.357 e. The summed E-state index contributed by atoms with van der Waals surface area (Å²) < 4.78 is 1.42. The fraction of sp³-hybridized carbons (Fsp3) is 0.250. The Balaban J connectivity index is 2.77. The normalized spacial score (nSPS) is 11.0. The maximum atomic E-state index is 12.0. The highest BCUT2D eigenvalue weighted by Crippen LogP contribution is 2.19. The number of carbonyl (C=O) groups is 2. The van der Waals surface area contributed by atoms with Gasteiger partial charge in [0, 0.05) is 12.1 Å². The van der Waals surface area contributed by atoms with Gasteiger partial charge in [-0.1, -0.05) is 19.9 Å². The molecule has 0 saturated carbocycles. The lowest BCUT2D eigenvalue weighted by Crippen LogP contribution is -2.12. The first-order valence-electron chi connectivity index (χ1n) is 5.27. The van der Waals surface area contributed by atoms with Crippen LogP contribution in [0.15, 0.2) is 24.4 Å². The molecule has 2 aromatic rings. The van der Waals surface area contributed by atoms with Crippen molar-refractivity contribution >= 4 is 17.3 Å². The molecule has 0 aliphatic carbocycles. The van der Waals surface area contributed by atoms with Crippen molar-refractivity contribution in [2.75, 3.05) is 0 Å². The summed E-state index contributed by atoms with van der Waals surface area (Å²) in [5, 5.41) is 13.0. The first kappa shape index (κ1) is 11.3. The van der Waals surface area contributed by atoms with Crippen LogP contribution in [-0.4, -0.2) is 26.5 Å². The summed E-state index contributed by atoms with van der Waals surface area (Å²) in [7, 11) is 0. The summed E-state index contributed by atoms with van der Waals surface area (Å²) in [5.41, 5.74) is 0.534. The highest BCUT2D eigenvalue weighted by Gasteiger charge is 2.25. The Morgan fingerprint density at radius 1 is 1.35 bits per heavy atom. The quantitative estimate of drug-likeness (QED) is 0.820. The second-order valence-electron chi connectivity index (χ2n) is 4.08. The van der Waals surface area contributed by atoms with Crippen molar-refractivity contribution in [3.8, 4) is 0 Å². The molecule has 0 radical (unpaired) electrons. The van der Waals surface area contributed by atoms with Crippen molar-refractivity contribution in [2.24, 2.45) is 5.92 Å². The Morgan fingerprint density at radius 3 is 2.65 bits per heavy atom. The van der Waals surface area contributed by atoms with E-state index in [1.54, 1.807) is 38.2 Å². The zero-order chi connectivity index (χ0) is 12.6. The molecule has 0 unspecified atom stereocenters. The molecule has 88 valence electrons. The Labute approximate surface area is 97.7 Å². The molecular formula is C12H12N2O3. The third kappa shape index (κ3) is 1.80. The number of pyridine rings is 1. The van der Waals surface area contributed by atoms with Gasteiger partial charge in [0.1, 0.15) is 0 Å². The summed E-state index contributed by atoms with van der Waals surface area (Å²) >= 11 is 0. The lowest BCUT2D eigenvalue weighted by atomic mass is 10.00. The monoisotopic (exact) mass is 232 g/mol. The van der Waals surface area contributed by atoms with Crippen LogP contribution in [0.3, 0.4) is 0 Å². The van der Waals surface area contributed by atoms with Crippen molar-refractivity contribution in [1.29, 1.82) is 0 Å². The predicted octanol–water partition coefficient (Wildman–Crippen LogP) is 1.87. The molecule has 0 spiro atoms. The molecule has 0 aliphatic rings. The largest absolute Gasteiger partial charge is 0.476 e. The number of Topliss-reactive ketones (excluding diaryl/α,β-unsaturated/α-hetero) is 1. The molecule has 2 aromatic heterocycles. The lowest BCUT2D eigenvalue weighted by molar-refractivity contribution is 0.0684. The molecule has 1 N–H and O–H groups in total. The van der Waals surface area contributed by atoms with Gasteiger partial charge in [-0.25, -0.2) is 9.31 Å². The average molecular weight is 232 g/mol. The van der Waals surface area contributed by atoms with E-state index in [-0.39, 0.29) is 23.0 Å². The fourth-order valence-electron chi connectivity index (χ4n) is 1.68. The molecule has 0 atom stereocenters. The first-order valence-corrected chi connectivity index (χ1v) is 5.27. The topological polar surface area (TPSA) is 71.7 Å². The van der Waals surface area contributed by atoms with E-state index in [0.717, 1.165) is 0 Å². The zero-order valence-electron chi connectivity index (χ0n) is 9.54. The number of carboxylic acid groups (broad SMARTS) is 1. The highest BCUT2D eigenvalue weighted by molar-refractivity contribution is 6.10. The van der Waals surface area contributed by atoms with E-state index in [9.17, 15) is 9.59 Å². The van der Waals surface area contributed by atoms with E-state index >= 15 is 0 Å². The van der Waals surface area contributed by atoms with Gasteiger partial charge in [0.05, 0.1) is 11.1 Å². The molecule has 0 saturated heterocycles. The molecular weight excluding hydrogens is 220 g/mol. The van der Waals surface area contributed by atoms with Crippen LogP contribution in [0.2, 0.25) is 0 Å². The molecule has 0 amide bonds. The minimum Gasteiger partial charge on any atom is -0.476 e. The van der Waals surface area contributed by atoms with E-state index in [0.29, 0.717) is 5.52 Å². The van der Waals surface area contributed by atoms with Crippen molar-refractivity contribution < 1.29 is 14.7 Å². The number of hydrogen-bond donors (Lipinski definition) is 1. The lowest BCUT2D eigenvalue weighted by Gasteiger charge is -2.02. The number of ketones is 1. The van der Waals surface area contributed by atoms with E-state index in [1.165, 1.54) is 4.52 Å². The Bertz CT molecular complexity index is 599. The summed E-state index contributed by atoms with van der Waals surface area (Å²) in [4.78, 5) is 23.1. The van der Waals surface area contributed by atoms with Gasteiger partial charge in [-0.2, -0.15) is 5.10 Å². The van der Waals surface area contributed by atoms with Crippen molar-refractivity contribution in [1.82, 2.24) is 9.61 Å². The number of nitrogens with zero attached hydrogens (tertiary/aromatic N) is 2. The predicted molar refractivity (Wildman–Crippen MR) is 61.3 cm³/mol. The zero-order valence-corrected chi connectivity index (χ0v) is 9.54. The molecule has 5 nitrogen and oxygen atoms in total. The number of carbonyl (C=O) groups excluding carboxylic acids is 1. The second kappa shape index (κ2) is 4.01. The number of fused-ring (bicyclic) bond motifs is 1. The highest BCUT2D eigenvalue weighted by atomic mass is 16.4. The fourth-order valence-corrected chi connectivity index (χ4v) is 1.68. The van der Waals surface area contributed by atoms with Crippen LogP contribution >= 0.6 is 0 Å². The molecule has 2 heterocycles. The molecule has 0 bridgehead atoms. The van der Waals surface area contributed by atoms with Crippen molar-refractivity contribution in [2.45, 2.75) is 13.8 Å². The van der Waals surface area contributed by atoms with Gasteiger partial charge >= 0.3 is 5.97 Å². The first-order chi connectivity index (χ1) is 8.02. The van der Waals surface area contributed by atoms with E-state index in [1.807, 2.05) is 0 Å². The van der Waals surface area contributed by atoms with Gasteiger partial charge in [-0.05, 0) is 12.1 Å². The minimum absolute atomic E-state index is 0.185. The summed E-state index contributed by atoms with van der Waals surface area (Å²) in [5.74, 6) is -1.65. The number of aromatic carboxylic acids is 1. The van der Waals surface area contributed by atoms with Crippen LogP contribution in [0.5, 0.6) is 0 Å². The number of hydrogen-bond acceptors (Lipinski definition) is 3. The second-order valence-corrected chi connectivity index (χ2v) is 4.08. The van der Waals surface area contributed by atoms with Crippen LogP contribution in [0.25, 0.3) is 5.52 Å². The molecule has 5 heteroatoms. The SMILES string of the molecule is CC(C)C(=O)c1c(C(=O)O)nn2ccccc12. The van der Waals surface area contributed by atoms with Crippen LogP contribution in [0, 0.1) is 5.92 Å². The van der Waals surface area contributed by atoms with Crippen LogP contribution in [-0.2, 0) is 0 Å². The number of rotatable bonds is 3. The summed E-state index contributed by atoms with van der Waals surface area (Å²) in [6.07, 6.45) is 1.62. The molecule has 2 rings (SSSR count). The molecule has 0 fully saturated rings. The number of aromatic nitrogens is 2. The Hall–Kier alpha value is -2.17. The summed E-state index contributed by atoms with van der Waals surface area (Å²) in [6.45, 7) is 3.47. The Kier molecular flexibility index (Phi) is 2.67. The van der Waals surface area contributed by atoms with Gasteiger partial charge < -0.3 is 5.11 Å².